The molecule has 1 aromatic carbocycles. The van der Waals surface area contributed by atoms with Gasteiger partial charge in [-0.05, 0) is 24.3 Å². The molecule has 3 nitrogen and oxygen atoms in total. The summed E-state index contributed by atoms with van der Waals surface area (Å²) in [6, 6.07) is 11.4. The van der Waals surface area contributed by atoms with E-state index >= 15 is 0 Å². The zero-order valence-corrected chi connectivity index (χ0v) is 11.7. The van der Waals surface area contributed by atoms with E-state index in [1.165, 1.54) is 18.4 Å². The van der Waals surface area contributed by atoms with Crippen molar-refractivity contribution in [2.75, 3.05) is 6.54 Å². The summed E-state index contributed by atoms with van der Waals surface area (Å²) >= 11 is 0. The molecule has 1 unspecified atom stereocenters. The summed E-state index contributed by atoms with van der Waals surface area (Å²) < 4.78 is 0. The first kappa shape index (κ1) is 14.1. The molecule has 0 aromatic heterocycles. The Morgan fingerprint density at radius 3 is 2.42 bits per heavy atom. The minimum absolute atomic E-state index is 0.229. The number of carboxylic acids is 1. The van der Waals surface area contributed by atoms with Gasteiger partial charge in [-0.1, -0.05) is 44.2 Å². The van der Waals surface area contributed by atoms with Gasteiger partial charge in [-0.2, -0.15) is 0 Å². The van der Waals surface area contributed by atoms with Gasteiger partial charge in [0.05, 0.1) is 6.42 Å². The lowest BCUT2D eigenvalue weighted by atomic mass is 9.94. The number of nitrogens with zero attached hydrogens (tertiary/aromatic N) is 1. The molecule has 1 aliphatic carbocycles. The molecule has 0 aliphatic heterocycles. The van der Waals surface area contributed by atoms with Crippen LogP contribution < -0.4 is 0 Å². The number of carbonyl (C=O) groups is 1. The van der Waals surface area contributed by atoms with Crippen LogP contribution >= 0.6 is 0 Å². The molecule has 1 fully saturated rings. The Morgan fingerprint density at radius 1 is 1.32 bits per heavy atom. The summed E-state index contributed by atoms with van der Waals surface area (Å²) in [4.78, 5) is 13.2. The van der Waals surface area contributed by atoms with Crippen LogP contribution in [0, 0.1) is 5.92 Å². The molecule has 1 aromatic rings. The lowest BCUT2D eigenvalue weighted by molar-refractivity contribution is -0.137. The van der Waals surface area contributed by atoms with Crippen LogP contribution in [0.3, 0.4) is 0 Å². The van der Waals surface area contributed by atoms with Crippen molar-refractivity contribution in [3.63, 3.8) is 0 Å². The topological polar surface area (TPSA) is 40.5 Å². The number of aliphatic carboxylic acids is 1. The van der Waals surface area contributed by atoms with Gasteiger partial charge < -0.3 is 5.11 Å². The fraction of sp³-hybridized carbons (Fsp3) is 0.562. The number of rotatable bonds is 7. The fourth-order valence-electron chi connectivity index (χ4n) is 2.79. The third kappa shape index (κ3) is 3.80. The molecular weight excluding hydrogens is 238 g/mol. The van der Waals surface area contributed by atoms with E-state index in [0.717, 1.165) is 0 Å². The minimum Gasteiger partial charge on any atom is -0.481 e. The first-order chi connectivity index (χ1) is 9.09. The van der Waals surface area contributed by atoms with E-state index in [-0.39, 0.29) is 6.42 Å². The molecule has 0 heterocycles. The Morgan fingerprint density at radius 2 is 1.95 bits per heavy atom. The number of benzene rings is 1. The highest BCUT2D eigenvalue weighted by Crippen LogP contribution is 2.38. The molecule has 3 heteroatoms. The van der Waals surface area contributed by atoms with Crippen molar-refractivity contribution >= 4 is 5.97 Å². The summed E-state index contributed by atoms with van der Waals surface area (Å²) in [5.74, 6) is -0.224. The second-order valence-corrected chi connectivity index (χ2v) is 5.71. The van der Waals surface area contributed by atoms with E-state index in [9.17, 15) is 4.79 Å². The number of carboxylic acid groups (broad SMARTS) is 1. The minimum atomic E-state index is -0.707. The van der Waals surface area contributed by atoms with E-state index in [2.05, 4.69) is 43.0 Å². The van der Waals surface area contributed by atoms with Crippen molar-refractivity contribution in [3.05, 3.63) is 35.9 Å². The number of hydrogen-bond acceptors (Lipinski definition) is 2. The van der Waals surface area contributed by atoms with Crippen molar-refractivity contribution in [2.45, 2.75) is 45.2 Å². The monoisotopic (exact) mass is 261 g/mol. The van der Waals surface area contributed by atoms with E-state index in [0.29, 0.717) is 24.5 Å². The van der Waals surface area contributed by atoms with Gasteiger partial charge in [-0.15, -0.1) is 0 Å². The van der Waals surface area contributed by atoms with Crippen molar-refractivity contribution in [2.24, 2.45) is 5.92 Å². The third-order valence-corrected chi connectivity index (χ3v) is 3.73. The van der Waals surface area contributed by atoms with E-state index in [1.807, 2.05) is 6.07 Å². The van der Waals surface area contributed by atoms with Gasteiger partial charge in [0.2, 0.25) is 0 Å². The van der Waals surface area contributed by atoms with Crippen LogP contribution in [0.4, 0.5) is 0 Å². The maximum atomic E-state index is 10.8. The third-order valence-electron chi connectivity index (χ3n) is 3.73. The molecule has 0 bridgehead atoms. The SMILES string of the molecule is CC(C)C(c1ccccc1)N(CCC(=O)O)C1CC1. The van der Waals surface area contributed by atoms with Crippen molar-refractivity contribution in [1.82, 2.24) is 4.90 Å². The second-order valence-electron chi connectivity index (χ2n) is 5.71. The highest BCUT2D eigenvalue weighted by Gasteiger charge is 2.35. The first-order valence-corrected chi connectivity index (χ1v) is 7.12. The predicted molar refractivity (Wildman–Crippen MR) is 76.0 cm³/mol. The molecule has 0 amide bonds. The summed E-state index contributed by atoms with van der Waals surface area (Å²) in [6.07, 6.45) is 2.64. The van der Waals surface area contributed by atoms with Crippen LogP contribution in [0.2, 0.25) is 0 Å². The normalized spacial score (nSPS) is 16.8. The summed E-state index contributed by atoms with van der Waals surface area (Å²) in [7, 11) is 0. The van der Waals surface area contributed by atoms with Gasteiger partial charge >= 0.3 is 5.97 Å². The van der Waals surface area contributed by atoms with Crippen LogP contribution in [0.1, 0.15) is 44.7 Å². The van der Waals surface area contributed by atoms with Crippen LogP contribution in [0.5, 0.6) is 0 Å². The van der Waals surface area contributed by atoms with E-state index in [1.54, 1.807) is 0 Å². The van der Waals surface area contributed by atoms with E-state index < -0.39 is 5.97 Å². The highest BCUT2D eigenvalue weighted by molar-refractivity contribution is 5.66. The van der Waals surface area contributed by atoms with Gasteiger partial charge in [0, 0.05) is 18.6 Å². The van der Waals surface area contributed by atoms with Crippen LogP contribution in [0.15, 0.2) is 30.3 Å². The summed E-state index contributed by atoms with van der Waals surface area (Å²) in [6.45, 7) is 5.08. The summed E-state index contributed by atoms with van der Waals surface area (Å²) in [5.41, 5.74) is 1.30. The van der Waals surface area contributed by atoms with Gasteiger partial charge in [0.1, 0.15) is 0 Å². The smallest absolute Gasteiger partial charge is 0.304 e. The van der Waals surface area contributed by atoms with Crippen LogP contribution in [-0.2, 0) is 4.79 Å². The standard InChI is InChI=1S/C16H23NO2/c1-12(2)16(13-6-4-3-5-7-13)17(14-8-9-14)11-10-15(18)19/h3-7,12,14,16H,8-11H2,1-2H3,(H,18,19). The van der Waals surface area contributed by atoms with Gasteiger partial charge in [-0.25, -0.2) is 0 Å². The van der Waals surface area contributed by atoms with Crippen molar-refractivity contribution < 1.29 is 9.90 Å². The molecule has 104 valence electrons. The molecule has 0 radical (unpaired) electrons. The Kier molecular flexibility index (Phi) is 4.59. The molecular formula is C16H23NO2. The average Bonchev–Trinajstić information content (AvgIpc) is 3.18. The van der Waals surface area contributed by atoms with Gasteiger partial charge in [0.25, 0.3) is 0 Å². The zero-order valence-electron chi connectivity index (χ0n) is 11.7. The van der Waals surface area contributed by atoms with Gasteiger partial charge in [0.15, 0.2) is 0 Å². The molecule has 1 N–H and O–H groups in total. The lowest BCUT2D eigenvalue weighted by Gasteiger charge is -2.34. The molecule has 0 saturated heterocycles. The number of hydrogen-bond donors (Lipinski definition) is 1. The van der Waals surface area contributed by atoms with Crippen LogP contribution in [-0.4, -0.2) is 28.6 Å². The Balaban J connectivity index is 2.17. The molecule has 1 atom stereocenters. The summed E-state index contributed by atoms with van der Waals surface area (Å²) in [5, 5.41) is 8.93. The Bertz CT molecular complexity index is 412. The molecule has 1 aliphatic rings. The highest BCUT2D eigenvalue weighted by atomic mass is 16.4. The largest absolute Gasteiger partial charge is 0.481 e. The fourth-order valence-corrected chi connectivity index (χ4v) is 2.79. The Labute approximate surface area is 115 Å². The second kappa shape index (κ2) is 6.20. The molecule has 2 rings (SSSR count). The van der Waals surface area contributed by atoms with Crippen molar-refractivity contribution in [1.29, 1.82) is 0 Å². The van der Waals surface area contributed by atoms with Crippen molar-refractivity contribution in [3.8, 4) is 0 Å². The molecule has 1 saturated carbocycles. The average molecular weight is 261 g/mol. The zero-order chi connectivity index (χ0) is 13.8. The predicted octanol–water partition coefficient (Wildman–Crippen LogP) is 3.32. The van der Waals surface area contributed by atoms with Crippen LogP contribution in [0.25, 0.3) is 0 Å². The van der Waals surface area contributed by atoms with E-state index in [4.69, 9.17) is 5.11 Å². The maximum Gasteiger partial charge on any atom is 0.304 e. The Hall–Kier alpha value is -1.35. The maximum absolute atomic E-state index is 10.8. The lowest BCUT2D eigenvalue weighted by Crippen LogP contribution is -2.35. The quantitative estimate of drug-likeness (QED) is 0.818. The first-order valence-electron chi connectivity index (χ1n) is 7.12. The molecule has 19 heavy (non-hydrogen) atoms. The van der Waals surface area contributed by atoms with Gasteiger partial charge in [-0.3, -0.25) is 9.69 Å². The molecule has 0 spiro atoms.